The molecule has 1 unspecified atom stereocenters. The second kappa shape index (κ2) is 10.3. The van der Waals surface area contributed by atoms with Crippen LogP contribution < -0.4 is 4.74 Å². The van der Waals surface area contributed by atoms with E-state index in [9.17, 15) is 45.5 Å². The van der Waals surface area contributed by atoms with Crippen LogP contribution >= 0.6 is 0 Å². The molecule has 0 spiro atoms. The van der Waals surface area contributed by atoms with Crippen molar-refractivity contribution in [2.24, 2.45) is 0 Å². The Kier molecular flexibility index (Phi) is 7.26. The van der Waals surface area contributed by atoms with Gasteiger partial charge in [-0.25, -0.2) is 0 Å². The van der Waals surface area contributed by atoms with Crippen molar-refractivity contribution in [2.45, 2.75) is 56.4 Å². The van der Waals surface area contributed by atoms with Gasteiger partial charge in [0.05, 0.1) is 30.2 Å². The first-order valence-corrected chi connectivity index (χ1v) is 13.5. The second-order valence-electron chi connectivity index (χ2n) is 11.0. The smallest absolute Gasteiger partial charge is 0.411 e. The van der Waals surface area contributed by atoms with Crippen molar-refractivity contribution < 1.29 is 50.3 Å². The molecule has 3 aromatic carbocycles. The molecule has 0 aromatic heterocycles. The average molecular weight is 618 g/mol. The molecule has 0 N–H and O–H groups in total. The Morgan fingerprint density at radius 1 is 0.682 bits per heavy atom. The third kappa shape index (κ3) is 4.33. The highest BCUT2D eigenvalue weighted by Crippen LogP contribution is 2.57. The Hall–Kier alpha value is -4.48. The molecule has 230 valence electrons. The number of methoxy groups -OCH3 is 1. The molecule has 5 rings (SSSR count). The van der Waals surface area contributed by atoms with E-state index in [0.29, 0.717) is 42.0 Å². The summed E-state index contributed by atoms with van der Waals surface area (Å²) in [5.41, 5.74) is -9.97. The summed E-state index contributed by atoms with van der Waals surface area (Å²) in [6.45, 7) is 3.40. The lowest BCUT2D eigenvalue weighted by Gasteiger charge is -2.38. The van der Waals surface area contributed by atoms with E-state index >= 15 is 0 Å². The van der Waals surface area contributed by atoms with Gasteiger partial charge in [-0.05, 0) is 60.4 Å². The molecule has 6 nitrogen and oxygen atoms in total. The van der Waals surface area contributed by atoms with E-state index in [4.69, 9.17) is 4.74 Å². The molecule has 0 saturated heterocycles. The number of rotatable bonds is 7. The van der Waals surface area contributed by atoms with Crippen LogP contribution in [0, 0.1) is 0 Å². The Balaban J connectivity index is 1.70. The third-order valence-corrected chi connectivity index (χ3v) is 8.49. The largest absolute Gasteiger partial charge is 0.497 e. The summed E-state index contributed by atoms with van der Waals surface area (Å²) < 4.78 is 94.6. The maximum absolute atomic E-state index is 14.9. The highest BCUT2D eigenvalue weighted by molar-refractivity contribution is 6.24. The number of hydrogen-bond donors (Lipinski definition) is 0. The number of Topliss-reactive ketones (excluding diaryl/α,β-unsaturated/α-hetero) is 2. The number of hydrogen-bond acceptors (Lipinski definition) is 5. The van der Waals surface area contributed by atoms with Crippen molar-refractivity contribution in [3.05, 3.63) is 99.6 Å². The van der Waals surface area contributed by atoms with Gasteiger partial charge in [0.1, 0.15) is 5.75 Å². The van der Waals surface area contributed by atoms with Gasteiger partial charge in [-0.2, -0.15) is 26.3 Å². The van der Waals surface area contributed by atoms with Gasteiger partial charge in [0.2, 0.25) is 5.41 Å². The Labute approximate surface area is 247 Å². The molecule has 2 amide bonds. The number of ether oxygens (including phenoxy) is 1. The molecule has 1 aliphatic heterocycles. The van der Waals surface area contributed by atoms with Gasteiger partial charge in [0, 0.05) is 11.1 Å². The fourth-order valence-corrected chi connectivity index (χ4v) is 6.31. The maximum atomic E-state index is 14.9. The van der Waals surface area contributed by atoms with Gasteiger partial charge in [-0.1, -0.05) is 43.7 Å². The van der Waals surface area contributed by atoms with E-state index in [2.05, 4.69) is 0 Å². The summed E-state index contributed by atoms with van der Waals surface area (Å²) in [7, 11) is 1.45. The average Bonchev–Trinajstić information content (AvgIpc) is 3.38. The van der Waals surface area contributed by atoms with Crippen LogP contribution in [0.3, 0.4) is 0 Å². The summed E-state index contributed by atoms with van der Waals surface area (Å²) in [6.07, 6.45) is -12.0. The van der Waals surface area contributed by atoms with Gasteiger partial charge >= 0.3 is 12.4 Å². The predicted molar refractivity (Wildman–Crippen MR) is 145 cm³/mol. The number of fused-ring (bicyclic) bond motifs is 2. The Morgan fingerprint density at radius 3 is 1.68 bits per heavy atom. The lowest BCUT2D eigenvalue weighted by atomic mass is 9.71. The van der Waals surface area contributed by atoms with Gasteiger partial charge < -0.3 is 4.74 Å². The molecular weight excluding hydrogens is 592 g/mol. The molecule has 44 heavy (non-hydrogen) atoms. The highest BCUT2D eigenvalue weighted by atomic mass is 19.4. The Morgan fingerprint density at radius 2 is 1.16 bits per heavy atom. The molecule has 0 radical (unpaired) electrons. The predicted octanol–water partition coefficient (Wildman–Crippen LogP) is 7.19. The summed E-state index contributed by atoms with van der Waals surface area (Å²) in [5, 5.41) is 0. The molecule has 12 heteroatoms. The van der Waals surface area contributed by atoms with Gasteiger partial charge in [-0.3, -0.25) is 24.1 Å². The zero-order valence-corrected chi connectivity index (χ0v) is 23.7. The molecule has 0 bridgehead atoms. The van der Waals surface area contributed by atoms with Crippen molar-refractivity contribution in [1.82, 2.24) is 4.90 Å². The lowest BCUT2D eigenvalue weighted by molar-refractivity contribution is -0.288. The van der Waals surface area contributed by atoms with E-state index in [1.54, 1.807) is 38.1 Å². The van der Waals surface area contributed by atoms with Crippen LogP contribution in [0.4, 0.5) is 26.3 Å². The molecular formula is C32H25F6NO5. The van der Waals surface area contributed by atoms with E-state index in [-0.39, 0.29) is 17.5 Å². The maximum Gasteiger partial charge on any atom is 0.411 e. The molecule has 0 fully saturated rings. The number of carbonyl (C=O) groups is 4. The minimum Gasteiger partial charge on any atom is -0.497 e. The van der Waals surface area contributed by atoms with Crippen LogP contribution in [0.1, 0.15) is 91.2 Å². The highest BCUT2D eigenvalue weighted by Gasteiger charge is 2.73. The summed E-state index contributed by atoms with van der Waals surface area (Å²) in [4.78, 5) is 52.6. The fourth-order valence-electron chi connectivity index (χ4n) is 6.31. The summed E-state index contributed by atoms with van der Waals surface area (Å²) in [6, 6.07) is 9.98. The molecule has 2 aliphatic rings. The number of benzene rings is 3. The molecule has 0 saturated carbocycles. The number of ketones is 2. The first-order valence-electron chi connectivity index (χ1n) is 13.5. The zero-order chi connectivity index (χ0) is 32.4. The monoisotopic (exact) mass is 617 g/mol. The topological polar surface area (TPSA) is 80.8 Å². The third-order valence-electron chi connectivity index (χ3n) is 8.49. The van der Waals surface area contributed by atoms with Crippen molar-refractivity contribution in [3.63, 3.8) is 0 Å². The normalized spacial score (nSPS) is 16.7. The van der Waals surface area contributed by atoms with Crippen LogP contribution in [0.15, 0.2) is 60.7 Å². The first-order chi connectivity index (χ1) is 20.5. The van der Waals surface area contributed by atoms with E-state index in [1.807, 2.05) is 0 Å². The lowest BCUT2D eigenvalue weighted by Crippen LogP contribution is -2.55. The van der Waals surface area contributed by atoms with Crippen LogP contribution in [0.25, 0.3) is 0 Å². The minimum atomic E-state index is -6.02. The van der Waals surface area contributed by atoms with Gasteiger partial charge in [0.25, 0.3) is 11.8 Å². The summed E-state index contributed by atoms with van der Waals surface area (Å²) >= 11 is 0. The number of alkyl halides is 6. The van der Waals surface area contributed by atoms with Gasteiger partial charge in [0.15, 0.2) is 11.6 Å². The minimum absolute atomic E-state index is 0.245. The first kappa shape index (κ1) is 31.0. The van der Waals surface area contributed by atoms with Crippen LogP contribution in [-0.2, 0) is 11.0 Å². The molecule has 3 aromatic rings. The van der Waals surface area contributed by atoms with Crippen molar-refractivity contribution in [3.8, 4) is 5.75 Å². The van der Waals surface area contributed by atoms with E-state index < -0.39 is 75.4 Å². The molecule has 1 aliphatic carbocycles. The zero-order valence-electron chi connectivity index (χ0n) is 23.7. The van der Waals surface area contributed by atoms with Crippen LogP contribution in [0.5, 0.6) is 5.75 Å². The Bertz CT molecular complexity index is 1700. The number of halogens is 6. The molecule has 1 atom stereocenters. The number of imide groups is 1. The van der Waals surface area contributed by atoms with Crippen LogP contribution in [0.2, 0.25) is 0 Å². The van der Waals surface area contributed by atoms with E-state index in [0.717, 1.165) is 17.0 Å². The quantitative estimate of drug-likeness (QED) is 0.159. The van der Waals surface area contributed by atoms with Crippen molar-refractivity contribution >= 4 is 23.4 Å². The van der Waals surface area contributed by atoms with Gasteiger partial charge in [-0.15, -0.1) is 0 Å². The second-order valence-corrected chi connectivity index (χ2v) is 11.0. The van der Waals surface area contributed by atoms with Crippen LogP contribution in [-0.4, -0.2) is 47.7 Å². The number of amides is 2. The summed E-state index contributed by atoms with van der Waals surface area (Å²) in [5.74, 6) is -3.03. The SMILES string of the molecule is CCCC(C)(c1ccc(OC)cc1)N1C(=O)c2ccc(C(c3ccc4c(c3)C(=O)CC4=O)(C(F)(F)F)C(F)(F)F)cc2C1=O. The van der Waals surface area contributed by atoms with Crippen molar-refractivity contribution in [2.75, 3.05) is 7.11 Å². The number of carbonyl (C=O) groups excluding carboxylic acids is 4. The van der Waals surface area contributed by atoms with Crippen molar-refractivity contribution in [1.29, 1.82) is 0 Å². The number of nitrogens with zero attached hydrogens (tertiary/aromatic N) is 1. The standard InChI is InChI=1S/C32H25F6NO5/c1-4-13-29(2,17-5-9-20(44-3)10-6-17)39-27(42)22-12-8-19(15-24(22)28(39)43)30(31(33,34)35,32(36,37)38)18-7-11-21-23(14-18)26(41)16-25(21)40/h5-12,14-15H,4,13,16H2,1-3H3. The fraction of sp³-hybridized carbons (Fsp3) is 0.312. The molecule has 1 heterocycles. The van der Waals surface area contributed by atoms with E-state index in [1.165, 1.54) is 7.11 Å².